The lowest BCUT2D eigenvalue weighted by Crippen LogP contribution is -2.17. The van der Waals surface area contributed by atoms with Crippen LogP contribution in [0.2, 0.25) is 5.02 Å². The van der Waals surface area contributed by atoms with E-state index in [1.54, 1.807) is 0 Å². The van der Waals surface area contributed by atoms with Crippen molar-refractivity contribution in [3.05, 3.63) is 23.2 Å². The number of likely N-dealkylation sites (tertiary alicyclic amines) is 1. The topological polar surface area (TPSA) is 34.0 Å². The molecule has 0 spiro atoms. The van der Waals surface area contributed by atoms with Gasteiger partial charge in [-0.3, -0.25) is 0 Å². The van der Waals surface area contributed by atoms with Crippen LogP contribution in [0.4, 0.5) is 0 Å². The summed E-state index contributed by atoms with van der Waals surface area (Å²) in [6.07, 6.45) is 1.23. The first-order chi connectivity index (χ1) is 8.22. The summed E-state index contributed by atoms with van der Waals surface area (Å²) in [7, 11) is 2.16. The molecule has 2 aromatic rings. The predicted octanol–water partition coefficient (Wildman–Crippen LogP) is 2.04. The molecule has 1 aromatic carbocycles. The second-order valence-corrected chi connectivity index (χ2v) is 5.26. The van der Waals surface area contributed by atoms with Crippen LogP contribution in [-0.2, 0) is 6.54 Å². The van der Waals surface area contributed by atoms with Gasteiger partial charge in [-0.15, -0.1) is 5.10 Å². The highest BCUT2D eigenvalue weighted by Crippen LogP contribution is 2.21. The maximum absolute atomic E-state index is 6.01. The highest BCUT2D eigenvalue weighted by atomic mass is 35.5. The van der Waals surface area contributed by atoms with Gasteiger partial charge in [0.25, 0.3) is 0 Å². The second-order valence-electron chi connectivity index (χ2n) is 4.82. The van der Waals surface area contributed by atoms with Crippen molar-refractivity contribution in [1.82, 2.24) is 19.9 Å². The van der Waals surface area contributed by atoms with Gasteiger partial charge in [0.2, 0.25) is 0 Å². The highest BCUT2D eigenvalue weighted by Gasteiger charge is 2.20. The molecule has 1 aliphatic heterocycles. The van der Waals surface area contributed by atoms with E-state index in [2.05, 4.69) is 22.3 Å². The highest BCUT2D eigenvalue weighted by molar-refractivity contribution is 6.31. The molecule has 0 amide bonds. The normalized spacial score (nSPS) is 21.4. The van der Waals surface area contributed by atoms with E-state index in [-0.39, 0.29) is 0 Å². The van der Waals surface area contributed by atoms with Crippen LogP contribution in [-0.4, -0.2) is 40.0 Å². The van der Waals surface area contributed by atoms with Gasteiger partial charge in [0.1, 0.15) is 5.52 Å². The Kier molecular flexibility index (Phi) is 2.76. The number of hydrogen-bond acceptors (Lipinski definition) is 3. The first-order valence-corrected chi connectivity index (χ1v) is 6.27. The van der Waals surface area contributed by atoms with Crippen LogP contribution in [0.15, 0.2) is 18.2 Å². The van der Waals surface area contributed by atoms with Crippen molar-refractivity contribution in [2.75, 3.05) is 20.1 Å². The Labute approximate surface area is 105 Å². The molecule has 4 nitrogen and oxygen atoms in total. The molecule has 3 rings (SSSR count). The summed E-state index contributed by atoms with van der Waals surface area (Å²) in [5, 5.41) is 9.12. The molecule has 90 valence electrons. The molecule has 1 aliphatic rings. The minimum atomic E-state index is 0.670. The molecule has 0 N–H and O–H groups in total. The number of aromatic nitrogens is 3. The average Bonchev–Trinajstić information content (AvgIpc) is 2.87. The molecule has 17 heavy (non-hydrogen) atoms. The summed E-state index contributed by atoms with van der Waals surface area (Å²) >= 11 is 6.01. The molecule has 2 heterocycles. The number of benzene rings is 1. The van der Waals surface area contributed by atoms with E-state index in [1.165, 1.54) is 13.0 Å². The largest absolute Gasteiger partial charge is 0.306 e. The third-order valence-electron chi connectivity index (χ3n) is 3.40. The SMILES string of the molecule is CN1CCC(Cn2nnc3ccc(Cl)cc32)C1. The lowest BCUT2D eigenvalue weighted by Gasteiger charge is -2.10. The van der Waals surface area contributed by atoms with E-state index in [1.807, 2.05) is 22.9 Å². The Morgan fingerprint density at radius 2 is 2.35 bits per heavy atom. The molecule has 1 atom stereocenters. The smallest absolute Gasteiger partial charge is 0.113 e. The Morgan fingerprint density at radius 3 is 3.12 bits per heavy atom. The number of nitrogens with zero attached hydrogens (tertiary/aromatic N) is 4. The fourth-order valence-corrected chi connectivity index (χ4v) is 2.66. The molecule has 1 saturated heterocycles. The molecule has 1 unspecified atom stereocenters. The average molecular weight is 251 g/mol. The van der Waals surface area contributed by atoms with Crippen molar-refractivity contribution in [3.8, 4) is 0 Å². The standard InChI is InChI=1S/C12H15ClN4/c1-16-5-4-9(7-16)8-17-12-6-10(13)2-3-11(12)14-15-17/h2-3,6,9H,4-5,7-8H2,1H3. The molecule has 0 radical (unpaired) electrons. The van der Waals surface area contributed by atoms with Crippen LogP contribution in [0.1, 0.15) is 6.42 Å². The van der Waals surface area contributed by atoms with Gasteiger partial charge in [0, 0.05) is 18.1 Å². The van der Waals surface area contributed by atoms with Crippen molar-refractivity contribution in [2.45, 2.75) is 13.0 Å². The molecule has 0 aliphatic carbocycles. The quantitative estimate of drug-likeness (QED) is 0.818. The van der Waals surface area contributed by atoms with Gasteiger partial charge < -0.3 is 4.90 Å². The maximum Gasteiger partial charge on any atom is 0.113 e. The van der Waals surface area contributed by atoms with Gasteiger partial charge >= 0.3 is 0 Å². The molecule has 1 fully saturated rings. The van der Waals surface area contributed by atoms with Crippen LogP contribution >= 0.6 is 11.6 Å². The summed E-state index contributed by atoms with van der Waals surface area (Å²) in [5.74, 6) is 0.670. The van der Waals surface area contributed by atoms with E-state index in [0.29, 0.717) is 5.92 Å². The summed E-state index contributed by atoms with van der Waals surface area (Å²) in [6, 6.07) is 5.71. The molecular weight excluding hydrogens is 236 g/mol. The van der Waals surface area contributed by atoms with Crippen LogP contribution < -0.4 is 0 Å². The Hall–Kier alpha value is -1.13. The zero-order chi connectivity index (χ0) is 11.8. The van der Waals surface area contributed by atoms with Crippen LogP contribution in [0, 0.1) is 5.92 Å². The zero-order valence-electron chi connectivity index (χ0n) is 9.80. The minimum absolute atomic E-state index is 0.670. The van der Waals surface area contributed by atoms with E-state index < -0.39 is 0 Å². The number of hydrogen-bond donors (Lipinski definition) is 0. The summed E-state index contributed by atoms with van der Waals surface area (Å²) in [4.78, 5) is 2.36. The van der Waals surface area contributed by atoms with Gasteiger partial charge in [0.15, 0.2) is 0 Å². The Balaban J connectivity index is 1.87. The molecule has 0 bridgehead atoms. The number of halogens is 1. The van der Waals surface area contributed by atoms with Crippen molar-refractivity contribution in [1.29, 1.82) is 0 Å². The first-order valence-electron chi connectivity index (χ1n) is 5.89. The third-order valence-corrected chi connectivity index (χ3v) is 3.63. The second kappa shape index (κ2) is 4.27. The van der Waals surface area contributed by atoms with Crippen molar-refractivity contribution < 1.29 is 0 Å². The summed E-state index contributed by atoms with van der Waals surface area (Å²) < 4.78 is 1.98. The van der Waals surface area contributed by atoms with Crippen LogP contribution in [0.25, 0.3) is 11.0 Å². The van der Waals surface area contributed by atoms with Crippen molar-refractivity contribution in [3.63, 3.8) is 0 Å². The van der Waals surface area contributed by atoms with E-state index in [0.717, 1.165) is 29.1 Å². The Bertz CT molecular complexity index is 536. The fourth-order valence-electron chi connectivity index (χ4n) is 2.49. The molecule has 1 aromatic heterocycles. The van der Waals surface area contributed by atoms with Gasteiger partial charge in [-0.2, -0.15) is 0 Å². The zero-order valence-corrected chi connectivity index (χ0v) is 10.6. The van der Waals surface area contributed by atoms with Gasteiger partial charge in [-0.1, -0.05) is 16.8 Å². The van der Waals surface area contributed by atoms with E-state index in [4.69, 9.17) is 11.6 Å². The molecule has 5 heteroatoms. The number of fused-ring (bicyclic) bond motifs is 1. The van der Waals surface area contributed by atoms with Gasteiger partial charge in [-0.05, 0) is 44.1 Å². The summed E-state index contributed by atoms with van der Waals surface area (Å²) in [5.41, 5.74) is 1.95. The first kappa shape index (κ1) is 11.0. The van der Waals surface area contributed by atoms with E-state index in [9.17, 15) is 0 Å². The number of rotatable bonds is 2. The fraction of sp³-hybridized carbons (Fsp3) is 0.500. The lowest BCUT2D eigenvalue weighted by atomic mass is 10.1. The minimum Gasteiger partial charge on any atom is -0.306 e. The monoisotopic (exact) mass is 250 g/mol. The van der Waals surface area contributed by atoms with Gasteiger partial charge in [-0.25, -0.2) is 4.68 Å². The third kappa shape index (κ3) is 2.15. The van der Waals surface area contributed by atoms with Gasteiger partial charge in [0.05, 0.1) is 5.52 Å². The van der Waals surface area contributed by atoms with E-state index >= 15 is 0 Å². The van der Waals surface area contributed by atoms with Crippen molar-refractivity contribution >= 4 is 22.6 Å². The van der Waals surface area contributed by atoms with Crippen LogP contribution in [0.3, 0.4) is 0 Å². The summed E-state index contributed by atoms with van der Waals surface area (Å²) in [6.45, 7) is 3.25. The maximum atomic E-state index is 6.01. The van der Waals surface area contributed by atoms with Crippen molar-refractivity contribution in [2.24, 2.45) is 5.92 Å². The molecular formula is C12H15ClN4. The molecule has 0 saturated carbocycles. The predicted molar refractivity (Wildman–Crippen MR) is 68.1 cm³/mol. The van der Waals surface area contributed by atoms with Crippen LogP contribution in [0.5, 0.6) is 0 Å². The Morgan fingerprint density at radius 1 is 1.47 bits per heavy atom. The lowest BCUT2D eigenvalue weighted by molar-refractivity contribution is 0.370.